The first kappa shape index (κ1) is 5.04. The van der Waals surface area contributed by atoms with Crippen molar-refractivity contribution >= 4 is 0 Å². The predicted octanol–water partition coefficient (Wildman–Crippen LogP) is 0.869. The highest BCUT2D eigenvalue weighted by molar-refractivity contribution is 4.90. The lowest BCUT2D eigenvalue weighted by Crippen LogP contribution is -2.41. The topological polar surface area (TPSA) is 20.2 Å². The molecule has 1 saturated carbocycles. The van der Waals surface area contributed by atoms with E-state index >= 15 is 0 Å². The molecule has 1 aliphatic carbocycles. The van der Waals surface area contributed by atoms with Crippen molar-refractivity contribution < 1.29 is 9.50 Å². The number of hydrogen-bond acceptors (Lipinski definition) is 1. The number of aliphatic hydroxyl groups is 1. The van der Waals surface area contributed by atoms with E-state index in [0.717, 1.165) is 0 Å². The van der Waals surface area contributed by atoms with Crippen molar-refractivity contribution in [3.8, 4) is 0 Å². The van der Waals surface area contributed by atoms with Gasteiger partial charge >= 0.3 is 0 Å². The molecule has 42 valence electrons. The lowest BCUT2D eigenvalue weighted by molar-refractivity contribution is -0.0678. The molecule has 1 N–H and O–H groups in total. The SMILES string of the molecule is CC1(O)CC(F)C1. The van der Waals surface area contributed by atoms with Crippen molar-refractivity contribution in [2.45, 2.75) is 31.5 Å². The van der Waals surface area contributed by atoms with E-state index in [1.54, 1.807) is 6.92 Å². The van der Waals surface area contributed by atoms with Gasteiger partial charge in [0.2, 0.25) is 0 Å². The van der Waals surface area contributed by atoms with Crippen molar-refractivity contribution in [3.63, 3.8) is 0 Å². The van der Waals surface area contributed by atoms with Gasteiger partial charge < -0.3 is 5.11 Å². The molecule has 0 amide bonds. The number of rotatable bonds is 0. The van der Waals surface area contributed by atoms with Crippen molar-refractivity contribution in [1.29, 1.82) is 0 Å². The summed E-state index contributed by atoms with van der Waals surface area (Å²) in [5.74, 6) is 0. The quantitative estimate of drug-likeness (QED) is 0.483. The van der Waals surface area contributed by atoms with Gasteiger partial charge in [0.1, 0.15) is 6.17 Å². The summed E-state index contributed by atoms with van der Waals surface area (Å²) in [5.41, 5.74) is -0.681. The summed E-state index contributed by atoms with van der Waals surface area (Å²) >= 11 is 0. The van der Waals surface area contributed by atoms with Crippen LogP contribution < -0.4 is 0 Å². The maximum Gasteiger partial charge on any atom is 0.106 e. The minimum Gasteiger partial charge on any atom is -0.390 e. The van der Waals surface area contributed by atoms with Gasteiger partial charge in [-0.1, -0.05) is 0 Å². The third kappa shape index (κ3) is 0.911. The van der Waals surface area contributed by atoms with Crippen LogP contribution in [-0.2, 0) is 0 Å². The molecule has 1 fully saturated rings. The van der Waals surface area contributed by atoms with Crippen LogP contribution in [0.3, 0.4) is 0 Å². The Balaban J connectivity index is 2.29. The van der Waals surface area contributed by atoms with E-state index in [1.165, 1.54) is 0 Å². The van der Waals surface area contributed by atoms with Crippen molar-refractivity contribution in [3.05, 3.63) is 0 Å². The number of halogens is 1. The fourth-order valence-corrected chi connectivity index (χ4v) is 0.895. The Morgan fingerprint density at radius 3 is 2.14 bits per heavy atom. The molecule has 2 heteroatoms. The maximum absolute atomic E-state index is 11.9. The summed E-state index contributed by atoms with van der Waals surface area (Å²) in [5, 5.41) is 8.84. The summed E-state index contributed by atoms with van der Waals surface area (Å²) in [6.07, 6.45) is -0.0880. The Bertz CT molecular complexity index is 72.1. The summed E-state index contributed by atoms with van der Waals surface area (Å²) in [6, 6.07) is 0. The molecule has 1 aliphatic rings. The summed E-state index contributed by atoms with van der Waals surface area (Å²) in [6.45, 7) is 1.66. The molecule has 0 aromatic rings. The van der Waals surface area contributed by atoms with E-state index in [-0.39, 0.29) is 0 Å². The molecule has 0 bridgehead atoms. The van der Waals surface area contributed by atoms with Gasteiger partial charge in [0, 0.05) is 12.8 Å². The summed E-state index contributed by atoms with van der Waals surface area (Å²) < 4.78 is 11.9. The average molecular weight is 104 g/mol. The molecule has 0 atom stereocenters. The van der Waals surface area contributed by atoms with Crippen LogP contribution >= 0.6 is 0 Å². The molecule has 0 spiro atoms. The molecular weight excluding hydrogens is 95.1 g/mol. The fraction of sp³-hybridized carbons (Fsp3) is 1.00. The smallest absolute Gasteiger partial charge is 0.106 e. The zero-order valence-corrected chi connectivity index (χ0v) is 4.32. The monoisotopic (exact) mass is 104 g/mol. The minimum atomic E-state index is -0.741. The average Bonchev–Trinajstić information content (AvgIpc) is 1.27. The van der Waals surface area contributed by atoms with Crippen LogP contribution in [0.4, 0.5) is 4.39 Å². The molecule has 0 radical (unpaired) electrons. The highest BCUT2D eigenvalue weighted by Gasteiger charge is 2.38. The second kappa shape index (κ2) is 1.19. The van der Waals surface area contributed by atoms with Crippen LogP contribution in [-0.4, -0.2) is 16.9 Å². The third-order valence-electron chi connectivity index (χ3n) is 1.32. The molecule has 7 heavy (non-hydrogen) atoms. The molecule has 0 aliphatic heterocycles. The molecule has 0 unspecified atom stereocenters. The zero-order valence-electron chi connectivity index (χ0n) is 4.32. The molecular formula is C5H9FO. The van der Waals surface area contributed by atoms with E-state index < -0.39 is 11.8 Å². The van der Waals surface area contributed by atoms with Gasteiger partial charge in [0.05, 0.1) is 5.60 Å². The summed E-state index contributed by atoms with van der Waals surface area (Å²) in [7, 11) is 0. The zero-order chi connectivity index (χ0) is 5.49. The Morgan fingerprint density at radius 1 is 1.71 bits per heavy atom. The van der Waals surface area contributed by atoms with Gasteiger partial charge in [-0.25, -0.2) is 4.39 Å². The summed E-state index contributed by atoms with van der Waals surface area (Å²) in [4.78, 5) is 0. The van der Waals surface area contributed by atoms with E-state index in [0.29, 0.717) is 12.8 Å². The van der Waals surface area contributed by atoms with Crippen molar-refractivity contribution in [2.75, 3.05) is 0 Å². The van der Waals surface area contributed by atoms with Gasteiger partial charge in [-0.3, -0.25) is 0 Å². The minimum absolute atomic E-state index is 0.326. The predicted molar refractivity (Wildman–Crippen MR) is 24.8 cm³/mol. The molecule has 0 heterocycles. The maximum atomic E-state index is 11.9. The lowest BCUT2D eigenvalue weighted by atomic mass is 9.80. The standard InChI is InChI=1S/C5H9FO/c1-5(7)2-4(6)3-5/h4,7H,2-3H2,1H3. The van der Waals surface area contributed by atoms with Gasteiger partial charge in [-0.15, -0.1) is 0 Å². The molecule has 0 aromatic carbocycles. The van der Waals surface area contributed by atoms with Crippen LogP contribution in [0.15, 0.2) is 0 Å². The van der Waals surface area contributed by atoms with Gasteiger partial charge in [0.25, 0.3) is 0 Å². The normalized spacial score (nSPS) is 51.0. The lowest BCUT2D eigenvalue weighted by Gasteiger charge is -2.35. The van der Waals surface area contributed by atoms with E-state index in [2.05, 4.69) is 0 Å². The Kier molecular flexibility index (Phi) is 0.854. The Morgan fingerprint density at radius 2 is 2.14 bits per heavy atom. The van der Waals surface area contributed by atoms with Crippen LogP contribution in [0, 0.1) is 0 Å². The second-order valence-electron chi connectivity index (χ2n) is 2.50. The van der Waals surface area contributed by atoms with E-state index in [4.69, 9.17) is 5.11 Å². The second-order valence-corrected chi connectivity index (χ2v) is 2.50. The largest absolute Gasteiger partial charge is 0.390 e. The Hall–Kier alpha value is -0.110. The van der Waals surface area contributed by atoms with Crippen molar-refractivity contribution in [1.82, 2.24) is 0 Å². The van der Waals surface area contributed by atoms with Crippen molar-refractivity contribution in [2.24, 2.45) is 0 Å². The highest BCUT2D eigenvalue weighted by Crippen LogP contribution is 2.33. The van der Waals surface area contributed by atoms with Crippen LogP contribution in [0.1, 0.15) is 19.8 Å². The molecule has 1 rings (SSSR count). The van der Waals surface area contributed by atoms with Crippen LogP contribution in [0.2, 0.25) is 0 Å². The first-order chi connectivity index (χ1) is 3.10. The number of hydrogen-bond donors (Lipinski definition) is 1. The van der Waals surface area contributed by atoms with Gasteiger partial charge in [-0.05, 0) is 6.92 Å². The number of alkyl halides is 1. The van der Waals surface area contributed by atoms with Gasteiger partial charge in [0.15, 0.2) is 0 Å². The fourth-order valence-electron chi connectivity index (χ4n) is 0.895. The van der Waals surface area contributed by atoms with E-state index in [1.807, 2.05) is 0 Å². The van der Waals surface area contributed by atoms with E-state index in [9.17, 15) is 4.39 Å². The van der Waals surface area contributed by atoms with Gasteiger partial charge in [-0.2, -0.15) is 0 Å². The Labute approximate surface area is 42.2 Å². The van der Waals surface area contributed by atoms with Crippen LogP contribution in [0.5, 0.6) is 0 Å². The third-order valence-corrected chi connectivity index (χ3v) is 1.32. The van der Waals surface area contributed by atoms with Crippen LogP contribution in [0.25, 0.3) is 0 Å². The highest BCUT2D eigenvalue weighted by atomic mass is 19.1. The first-order valence-electron chi connectivity index (χ1n) is 2.47. The first-order valence-corrected chi connectivity index (χ1v) is 2.47. The molecule has 0 aromatic heterocycles. The molecule has 1 nitrogen and oxygen atoms in total. The molecule has 0 saturated heterocycles.